The summed E-state index contributed by atoms with van der Waals surface area (Å²) in [5.74, 6) is 0.745. The highest BCUT2D eigenvalue weighted by molar-refractivity contribution is 7.92. The molecule has 0 amide bonds. The summed E-state index contributed by atoms with van der Waals surface area (Å²) in [6, 6.07) is 12.2. The van der Waals surface area contributed by atoms with Crippen LogP contribution in [0, 0.1) is 5.41 Å². The highest BCUT2D eigenvalue weighted by Gasteiger charge is 2.45. The molecule has 3 aromatic rings. The van der Waals surface area contributed by atoms with E-state index in [2.05, 4.69) is 24.5 Å². The summed E-state index contributed by atoms with van der Waals surface area (Å²) in [4.78, 5) is 13.2. The van der Waals surface area contributed by atoms with Crippen LogP contribution < -0.4 is 9.62 Å². The lowest BCUT2D eigenvalue weighted by Crippen LogP contribution is -2.60. The van der Waals surface area contributed by atoms with Crippen molar-refractivity contribution < 1.29 is 21.6 Å². The van der Waals surface area contributed by atoms with Crippen molar-refractivity contribution in [3.8, 4) is 0 Å². The molecule has 1 N–H and O–H groups in total. The van der Waals surface area contributed by atoms with Crippen LogP contribution in [0.5, 0.6) is 0 Å². The van der Waals surface area contributed by atoms with E-state index < -0.39 is 22.6 Å². The normalized spacial score (nSPS) is 18.2. The first kappa shape index (κ1) is 25.7. The molecular weight excluding hydrogens is 503 g/mol. The van der Waals surface area contributed by atoms with Crippen molar-refractivity contribution in [1.29, 1.82) is 0 Å². The highest BCUT2D eigenvalue weighted by Crippen LogP contribution is 2.43. The van der Waals surface area contributed by atoms with Crippen molar-refractivity contribution >= 4 is 32.4 Å². The quantitative estimate of drug-likeness (QED) is 0.479. The van der Waals surface area contributed by atoms with E-state index in [0.717, 1.165) is 51.1 Å². The number of benzene rings is 2. The number of halogens is 3. The average Bonchev–Trinajstić information content (AvgIpc) is 2.83. The van der Waals surface area contributed by atoms with E-state index in [4.69, 9.17) is 0 Å². The molecule has 2 saturated heterocycles. The van der Waals surface area contributed by atoms with E-state index in [9.17, 15) is 21.6 Å². The van der Waals surface area contributed by atoms with Crippen molar-refractivity contribution in [2.24, 2.45) is 5.41 Å². The minimum Gasteiger partial charge on any atom is -0.355 e. The molecule has 0 unspecified atom stereocenters. The van der Waals surface area contributed by atoms with Crippen LogP contribution in [-0.4, -0.2) is 61.4 Å². The number of piperidine rings is 1. The topological polar surface area (TPSA) is 78.4 Å². The third-order valence-electron chi connectivity index (χ3n) is 7.37. The molecule has 11 heteroatoms. The fourth-order valence-corrected chi connectivity index (χ4v) is 5.93. The van der Waals surface area contributed by atoms with Gasteiger partial charge in [0.05, 0.1) is 17.7 Å². The summed E-state index contributed by atoms with van der Waals surface area (Å²) in [7, 11) is -3.29. The van der Waals surface area contributed by atoms with Gasteiger partial charge < -0.3 is 4.90 Å². The van der Waals surface area contributed by atoms with Gasteiger partial charge in [-0.15, -0.1) is 0 Å². The minimum absolute atomic E-state index is 0.0360. The molecule has 198 valence electrons. The summed E-state index contributed by atoms with van der Waals surface area (Å²) < 4.78 is 64.8. The van der Waals surface area contributed by atoms with Gasteiger partial charge in [0.1, 0.15) is 12.1 Å². The Labute approximate surface area is 214 Å². The highest BCUT2D eigenvalue weighted by atomic mass is 32.2. The summed E-state index contributed by atoms with van der Waals surface area (Å²) in [6.45, 7) is 5.99. The Kier molecular flexibility index (Phi) is 6.78. The Bertz CT molecular complexity index is 1360. The van der Waals surface area contributed by atoms with Crippen LogP contribution >= 0.6 is 0 Å². The van der Waals surface area contributed by atoms with Crippen LogP contribution in [0.3, 0.4) is 0 Å². The second-order valence-electron chi connectivity index (χ2n) is 10.2. The maximum Gasteiger partial charge on any atom is 0.393 e. The van der Waals surface area contributed by atoms with E-state index in [0.29, 0.717) is 22.4 Å². The maximum atomic E-state index is 12.9. The summed E-state index contributed by atoms with van der Waals surface area (Å²) in [5.41, 5.74) is 2.77. The molecule has 0 atom stereocenters. The van der Waals surface area contributed by atoms with Crippen LogP contribution in [0.2, 0.25) is 0 Å². The molecule has 1 spiro atoms. The molecule has 0 bridgehead atoms. The molecular formula is C26H30F3N5O2S. The van der Waals surface area contributed by atoms with Gasteiger partial charge in [-0.3, -0.25) is 9.62 Å². The Balaban J connectivity index is 1.18. The fourth-order valence-electron chi connectivity index (χ4n) is 5.29. The van der Waals surface area contributed by atoms with Gasteiger partial charge in [-0.05, 0) is 68.2 Å². The van der Waals surface area contributed by atoms with E-state index in [-0.39, 0.29) is 16.7 Å². The van der Waals surface area contributed by atoms with Gasteiger partial charge in [-0.25, -0.2) is 18.4 Å². The largest absolute Gasteiger partial charge is 0.393 e. The Morgan fingerprint density at radius 3 is 2.32 bits per heavy atom. The number of anilines is 2. The molecule has 7 nitrogen and oxygen atoms in total. The van der Waals surface area contributed by atoms with Gasteiger partial charge in [0.25, 0.3) is 0 Å². The van der Waals surface area contributed by atoms with Crippen molar-refractivity contribution in [3.05, 3.63) is 59.9 Å². The number of nitrogens with one attached hydrogen (secondary N) is 1. The van der Waals surface area contributed by atoms with E-state index >= 15 is 0 Å². The number of alkyl halides is 3. The predicted octanol–water partition coefficient (Wildman–Crippen LogP) is 4.60. The van der Waals surface area contributed by atoms with Crippen LogP contribution in [0.4, 0.5) is 24.7 Å². The lowest BCUT2D eigenvalue weighted by Gasteiger charge is -2.54. The van der Waals surface area contributed by atoms with Crippen LogP contribution in [0.1, 0.15) is 30.9 Å². The molecule has 2 aliphatic heterocycles. The smallest absolute Gasteiger partial charge is 0.355 e. The zero-order valence-electron chi connectivity index (χ0n) is 20.6. The number of hydrogen-bond donors (Lipinski definition) is 1. The van der Waals surface area contributed by atoms with Gasteiger partial charge in [0, 0.05) is 36.1 Å². The fraction of sp³-hybridized carbons (Fsp3) is 0.462. The zero-order chi connectivity index (χ0) is 26.3. The summed E-state index contributed by atoms with van der Waals surface area (Å²) in [5, 5.41) is 0.668. The lowest BCUT2D eigenvalue weighted by molar-refractivity contribution is -0.127. The van der Waals surface area contributed by atoms with Gasteiger partial charge >= 0.3 is 6.18 Å². The van der Waals surface area contributed by atoms with Crippen molar-refractivity contribution in [1.82, 2.24) is 14.9 Å². The molecule has 2 aliphatic rings. The van der Waals surface area contributed by atoms with Crippen molar-refractivity contribution in [2.75, 3.05) is 41.6 Å². The summed E-state index contributed by atoms with van der Waals surface area (Å²) >= 11 is 0. The van der Waals surface area contributed by atoms with Crippen LogP contribution in [0.25, 0.3) is 10.9 Å². The number of aromatic nitrogens is 2. The predicted molar refractivity (Wildman–Crippen MR) is 138 cm³/mol. The van der Waals surface area contributed by atoms with Gasteiger partial charge in [-0.1, -0.05) is 18.2 Å². The number of fused-ring (bicyclic) bond motifs is 1. The van der Waals surface area contributed by atoms with Crippen LogP contribution in [0.15, 0.2) is 48.8 Å². The molecule has 5 rings (SSSR count). The molecule has 2 fully saturated rings. The standard InChI is InChI=1S/C26H30F3N5O2S/c1-2-37(35,36)32-21-6-3-19(4-7-21)15-33-11-9-25(10-12-33)16-34(17-25)24-22-13-20(14-26(27,28)29)5-8-23(22)30-18-31-24/h3-8,13,18,32H,2,9-12,14-17H2,1H3. The van der Waals surface area contributed by atoms with Crippen molar-refractivity contribution in [3.63, 3.8) is 0 Å². The number of rotatable bonds is 7. The molecule has 2 aromatic carbocycles. The molecule has 1 aromatic heterocycles. The van der Waals surface area contributed by atoms with Gasteiger partial charge in [0.2, 0.25) is 10.0 Å². The Morgan fingerprint density at radius 1 is 1.00 bits per heavy atom. The first-order valence-corrected chi connectivity index (χ1v) is 14.1. The lowest BCUT2D eigenvalue weighted by atomic mass is 9.72. The molecule has 0 saturated carbocycles. The monoisotopic (exact) mass is 533 g/mol. The minimum atomic E-state index is -4.26. The van der Waals surface area contributed by atoms with E-state index in [1.165, 1.54) is 12.4 Å². The average molecular weight is 534 g/mol. The Hall–Kier alpha value is -2.92. The number of likely N-dealkylation sites (tertiary alicyclic amines) is 1. The number of nitrogens with zero attached hydrogens (tertiary/aromatic N) is 4. The third kappa shape index (κ3) is 5.98. The number of sulfonamides is 1. The van der Waals surface area contributed by atoms with Crippen molar-refractivity contribution in [2.45, 2.75) is 38.9 Å². The SMILES string of the molecule is CCS(=O)(=O)Nc1ccc(CN2CCC3(CC2)CN(c2ncnc4ccc(CC(F)(F)F)cc24)C3)cc1. The third-order valence-corrected chi connectivity index (χ3v) is 8.67. The van der Waals surface area contributed by atoms with Gasteiger partial charge in [-0.2, -0.15) is 13.2 Å². The Morgan fingerprint density at radius 2 is 1.68 bits per heavy atom. The molecule has 3 heterocycles. The van der Waals surface area contributed by atoms with Gasteiger partial charge in [0.15, 0.2) is 0 Å². The molecule has 0 aliphatic carbocycles. The second-order valence-corrected chi connectivity index (χ2v) is 12.2. The van der Waals surface area contributed by atoms with E-state index in [1.807, 2.05) is 12.1 Å². The first-order valence-electron chi connectivity index (χ1n) is 12.4. The molecule has 37 heavy (non-hydrogen) atoms. The van der Waals surface area contributed by atoms with E-state index in [1.54, 1.807) is 31.2 Å². The number of hydrogen-bond acceptors (Lipinski definition) is 6. The molecule has 0 radical (unpaired) electrons. The summed E-state index contributed by atoms with van der Waals surface area (Å²) in [6.07, 6.45) is -1.66. The first-order chi connectivity index (χ1) is 17.5. The maximum absolute atomic E-state index is 12.9. The zero-order valence-corrected chi connectivity index (χ0v) is 21.4. The van der Waals surface area contributed by atoms with Crippen LogP contribution in [-0.2, 0) is 23.0 Å². The second kappa shape index (κ2) is 9.75.